The lowest BCUT2D eigenvalue weighted by Crippen LogP contribution is -2.47. The normalized spacial score (nSPS) is 21.3. The summed E-state index contributed by atoms with van der Waals surface area (Å²) in [7, 11) is 0. The summed E-state index contributed by atoms with van der Waals surface area (Å²) in [5.41, 5.74) is 1.52. The Bertz CT molecular complexity index is 887. The molecule has 0 aromatic carbocycles. The Balaban J connectivity index is 1.69. The van der Waals surface area contributed by atoms with Crippen molar-refractivity contribution in [2.75, 3.05) is 13.2 Å². The molecule has 0 aliphatic carbocycles. The molecule has 4 heterocycles. The Morgan fingerprint density at radius 3 is 3.04 bits per heavy atom. The summed E-state index contributed by atoms with van der Waals surface area (Å²) in [4.78, 5) is 23.1. The molecule has 4 rings (SSSR count). The number of morpholine rings is 1. The maximum Gasteiger partial charge on any atom is 0.256 e. The monoisotopic (exact) mass is 327 g/mol. The molecule has 0 radical (unpaired) electrons. The van der Waals surface area contributed by atoms with E-state index in [1.165, 1.54) is 0 Å². The molecule has 2 atom stereocenters. The molecule has 1 aliphatic rings. The quantitative estimate of drug-likeness (QED) is 0.711. The third kappa shape index (κ3) is 2.44. The highest BCUT2D eigenvalue weighted by molar-refractivity contribution is 5.94. The summed E-state index contributed by atoms with van der Waals surface area (Å²) >= 11 is 0. The maximum atomic E-state index is 13.0. The number of aromatic nitrogens is 4. The van der Waals surface area contributed by atoms with Crippen LogP contribution in [0, 0.1) is 6.92 Å². The van der Waals surface area contributed by atoms with Crippen LogP contribution in [0.4, 0.5) is 0 Å². The highest BCUT2D eigenvalue weighted by Gasteiger charge is 2.38. The van der Waals surface area contributed by atoms with E-state index in [-0.39, 0.29) is 12.0 Å². The highest BCUT2D eigenvalue weighted by atomic mass is 16.5. The van der Waals surface area contributed by atoms with Crippen molar-refractivity contribution in [2.24, 2.45) is 0 Å². The first-order chi connectivity index (χ1) is 11.6. The molecule has 3 aromatic heterocycles. The fourth-order valence-electron chi connectivity index (χ4n) is 3.03. The topological polar surface area (TPSA) is 85.8 Å². The Morgan fingerprint density at radius 1 is 1.38 bits per heavy atom. The Labute approximate surface area is 138 Å². The average Bonchev–Trinajstić information content (AvgIpc) is 3.21. The Hall–Kier alpha value is -2.74. The zero-order chi connectivity index (χ0) is 16.7. The number of fused-ring (bicyclic) bond motifs is 1. The minimum absolute atomic E-state index is 0.0957. The molecule has 1 amide bonds. The fourth-order valence-corrected chi connectivity index (χ4v) is 3.03. The minimum atomic E-state index is -0.397. The van der Waals surface area contributed by atoms with Gasteiger partial charge in [0.1, 0.15) is 6.04 Å². The number of hydrogen-bond acceptors (Lipinski definition) is 6. The molecule has 8 nitrogen and oxygen atoms in total. The molecular weight excluding hydrogens is 310 g/mol. The van der Waals surface area contributed by atoms with Gasteiger partial charge in [-0.3, -0.25) is 4.79 Å². The van der Waals surface area contributed by atoms with Crippen LogP contribution in [0.2, 0.25) is 0 Å². The first-order valence-corrected chi connectivity index (χ1v) is 7.78. The van der Waals surface area contributed by atoms with Crippen molar-refractivity contribution >= 4 is 11.4 Å². The zero-order valence-electron chi connectivity index (χ0n) is 13.4. The lowest BCUT2D eigenvalue weighted by atomic mass is 10.1. The summed E-state index contributed by atoms with van der Waals surface area (Å²) < 4.78 is 12.8. The van der Waals surface area contributed by atoms with E-state index < -0.39 is 6.04 Å². The van der Waals surface area contributed by atoms with Crippen LogP contribution in [0.1, 0.15) is 35.0 Å². The molecular formula is C16H17N5O3. The number of pyridine rings is 1. The summed E-state index contributed by atoms with van der Waals surface area (Å²) in [6, 6.07) is 3.27. The number of rotatable bonds is 2. The van der Waals surface area contributed by atoms with Crippen molar-refractivity contribution < 1.29 is 14.1 Å². The van der Waals surface area contributed by atoms with Crippen molar-refractivity contribution in [2.45, 2.75) is 26.0 Å². The van der Waals surface area contributed by atoms with E-state index >= 15 is 0 Å². The van der Waals surface area contributed by atoms with E-state index in [2.05, 4.69) is 15.1 Å². The number of carbonyl (C=O) groups is 1. The molecule has 1 fully saturated rings. The molecule has 3 aromatic rings. The van der Waals surface area contributed by atoms with E-state index in [1.807, 2.05) is 17.4 Å². The van der Waals surface area contributed by atoms with Gasteiger partial charge in [-0.05, 0) is 26.0 Å². The van der Waals surface area contributed by atoms with E-state index in [9.17, 15) is 4.79 Å². The number of aryl methyl sites for hydroxylation is 1. The van der Waals surface area contributed by atoms with Gasteiger partial charge in [-0.1, -0.05) is 5.16 Å². The zero-order valence-corrected chi connectivity index (χ0v) is 13.4. The lowest BCUT2D eigenvalue weighted by Gasteiger charge is -2.37. The van der Waals surface area contributed by atoms with E-state index in [0.717, 1.165) is 5.52 Å². The van der Waals surface area contributed by atoms with Crippen LogP contribution < -0.4 is 0 Å². The maximum absolute atomic E-state index is 13.0. The molecule has 0 N–H and O–H groups in total. The predicted octanol–water partition coefficient (Wildman–Crippen LogP) is 1.63. The molecule has 0 unspecified atom stereocenters. The van der Waals surface area contributed by atoms with Crippen LogP contribution >= 0.6 is 0 Å². The second-order valence-corrected chi connectivity index (χ2v) is 5.84. The van der Waals surface area contributed by atoms with E-state index in [1.54, 1.807) is 36.6 Å². The third-order valence-electron chi connectivity index (χ3n) is 4.21. The van der Waals surface area contributed by atoms with Crippen molar-refractivity contribution in [3.63, 3.8) is 0 Å². The molecule has 24 heavy (non-hydrogen) atoms. The van der Waals surface area contributed by atoms with Crippen LogP contribution in [-0.2, 0) is 4.74 Å². The highest BCUT2D eigenvalue weighted by Crippen LogP contribution is 2.29. The predicted molar refractivity (Wildman–Crippen MR) is 83.4 cm³/mol. The number of carbonyl (C=O) groups excluding carboxylic acids is 1. The first-order valence-electron chi connectivity index (χ1n) is 7.78. The lowest BCUT2D eigenvalue weighted by molar-refractivity contribution is -0.0600. The molecule has 0 spiro atoms. The molecule has 0 bridgehead atoms. The second-order valence-electron chi connectivity index (χ2n) is 5.84. The SMILES string of the molecule is Cc1noc([C@@H]2[C@@H](C)OCCN2C(=O)c2ccc3cncn3c2)n1. The van der Waals surface area contributed by atoms with Gasteiger partial charge in [0.15, 0.2) is 5.82 Å². The molecule has 124 valence electrons. The van der Waals surface area contributed by atoms with Gasteiger partial charge < -0.3 is 18.6 Å². The summed E-state index contributed by atoms with van der Waals surface area (Å²) in [5.74, 6) is 0.841. The molecule has 1 aliphatic heterocycles. The van der Waals surface area contributed by atoms with Gasteiger partial charge in [-0.15, -0.1) is 0 Å². The van der Waals surface area contributed by atoms with Gasteiger partial charge in [0.05, 0.1) is 36.3 Å². The largest absolute Gasteiger partial charge is 0.374 e. The van der Waals surface area contributed by atoms with Gasteiger partial charge in [-0.2, -0.15) is 4.98 Å². The number of hydrogen-bond donors (Lipinski definition) is 0. The van der Waals surface area contributed by atoms with Crippen LogP contribution in [0.15, 0.2) is 35.4 Å². The third-order valence-corrected chi connectivity index (χ3v) is 4.21. The van der Waals surface area contributed by atoms with Crippen LogP contribution in [-0.4, -0.2) is 49.6 Å². The summed E-state index contributed by atoms with van der Waals surface area (Å²) in [6.07, 6.45) is 4.97. The van der Waals surface area contributed by atoms with Crippen molar-refractivity contribution in [3.8, 4) is 0 Å². The molecule has 0 saturated carbocycles. The Kier molecular flexibility index (Phi) is 3.53. The van der Waals surface area contributed by atoms with Gasteiger partial charge in [-0.25, -0.2) is 4.98 Å². The fraction of sp³-hybridized carbons (Fsp3) is 0.375. The average molecular weight is 327 g/mol. The van der Waals surface area contributed by atoms with Crippen LogP contribution in [0.3, 0.4) is 0 Å². The number of nitrogens with zero attached hydrogens (tertiary/aromatic N) is 5. The second kappa shape index (κ2) is 5.72. The van der Waals surface area contributed by atoms with Gasteiger partial charge in [0.2, 0.25) is 0 Å². The van der Waals surface area contributed by atoms with Crippen LogP contribution in [0.5, 0.6) is 0 Å². The number of imidazole rings is 1. The first kappa shape index (κ1) is 14.8. The van der Waals surface area contributed by atoms with Gasteiger partial charge in [0, 0.05) is 12.7 Å². The summed E-state index contributed by atoms with van der Waals surface area (Å²) in [6.45, 7) is 4.60. The smallest absolute Gasteiger partial charge is 0.256 e. The van der Waals surface area contributed by atoms with Gasteiger partial charge >= 0.3 is 0 Å². The molecule has 8 heteroatoms. The minimum Gasteiger partial charge on any atom is -0.374 e. The van der Waals surface area contributed by atoms with E-state index in [4.69, 9.17) is 9.26 Å². The Morgan fingerprint density at radius 2 is 2.25 bits per heavy atom. The number of amides is 1. The van der Waals surface area contributed by atoms with Crippen LogP contribution in [0.25, 0.3) is 5.52 Å². The standard InChI is InChI=1S/C16H17N5O3/c1-10-14(15-18-11(2)19-24-15)21(5-6-23-10)16(22)12-3-4-13-7-17-9-20(13)8-12/h3-4,7-10,14H,5-6H2,1-2H3/t10-,14+/m1/s1. The van der Waals surface area contributed by atoms with Crippen molar-refractivity contribution in [3.05, 3.63) is 48.1 Å². The van der Waals surface area contributed by atoms with Gasteiger partial charge in [0.25, 0.3) is 11.8 Å². The van der Waals surface area contributed by atoms with Crippen molar-refractivity contribution in [1.82, 2.24) is 24.4 Å². The van der Waals surface area contributed by atoms with E-state index in [0.29, 0.717) is 30.4 Å². The van der Waals surface area contributed by atoms with Crippen molar-refractivity contribution in [1.29, 1.82) is 0 Å². The summed E-state index contributed by atoms with van der Waals surface area (Å²) in [5, 5.41) is 3.83. The number of ether oxygens (including phenoxy) is 1. The molecule has 1 saturated heterocycles.